The highest BCUT2D eigenvalue weighted by atomic mass is 79.9. The first-order valence-corrected chi connectivity index (χ1v) is 8.90. The Hall–Kier alpha value is -1.13. The van der Waals surface area contributed by atoms with Gasteiger partial charge in [0.15, 0.2) is 0 Å². The molecule has 0 aliphatic carbocycles. The fourth-order valence-electron chi connectivity index (χ4n) is 2.14. The molecule has 0 bridgehead atoms. The molecule has 0 aromatic heterocycles. The molecule has 1 fully saturated rings. The van der Waals surface area contributed by atoms with E-state index in [1.54, 1.807) is 0 Å². The number of piperidine rings is 1. The largest absolute Gasteiger partial charge is 0.416 e. The lowest BCUT2D eigenvalue weighted by molar-refractivity contribution is -0.138. The molecule has 1 aromatic carbocycles. The first kappa shape index (κ1) is 18.2. The maximum absolute atomic E-state index is 12.6. The molecule has 0 spiro atoms. The molecule has 1 N–H and O–H groups in total. The third-order valence-corrected chi connectivity index (χ3v) is 5.51. The Bertz CT molecular complexity index is 700. The number of nitrogens with one attached hydrogen (secondary N) is 1. The number of benzene rings is 1. The minimum atomic E-state index is -4.60. The molecule has 0 saturated carbocycles. The van der Waals surface area contributed by atoms with Gasteiger partial charge in [-0.15, -0.1) is 0 Å². The topological polar surface area (TPSA) is 72.5 Å². The Morgan fingerprint density at radius 3 is 2.52 bits per heavy atom. The average molecular weight is 416 g/mol. The molecule has 2 rings (SSSR count). The fraction of sp³-hybridized carbons (Fsp3) is 0.462. The van der Waals surface area contributed by atoms with E-state index in [9.17, 15) is 26.4 Å². The Labute approximate surface area is 139 Å². The third kappa shape index (κ3) is 4.45. The van der Waals surface area contributed by atoms with Crippen LogP contribution in [0.3, 0.4) is 0 Å². The van der Waals surface area contributed by atoms with Crippen molar-refractivity contribution in [2.45, 2.75) is 36.4 Å². The third-order valence-electron chi connectivity index (χ3n) is 3.32. The summed E-state index contributed by atoms with van der Waals surface area (Å²) in [6.45, 7) is 0.573. The summed E-state index contributed by atoms with van der Waals surface area (Å²) in [5.74, 6) is -0.962. The van der Waals surface area contributed by atoms with Gasteiger partial charge in [0.1, 0.15) is 10.9 Å². The number of hydrogen-bond acceptors (Lipinski definition) is 5. The molecule has 1 atom stereocenters. The van der Waals surface area contributed by atoms with Gasteiger partial charge in [-0.2, -0.15) is 21.6 Å². The molecule has 1 aliphatic rings. The maximum Gasteiger partial charge on any atom is 0.416 e. The van der Waals surface area contributed by atoms with Crippen molar-refractivity contribution in [3.05, 3.63) is 28.2 Å². The Kier molecular flexibility index (Phi) is 5.37. The quantitative estimate of drug-likeness (QED) is 0.768. The van der Waals surface area contributed by atoms with Gasteiger partial charge in [-0.05, 0) is 53.5 Å². The molecule has 1 heterocycles. The van der Waals surface area contributed by atoms with Crippen LogP contribution in [0.4, 0.5) is 13.2 Å². The van der Waals surface area contributed by atoms with Crippen molar-refractivity contribution >= 4 is 32.0 Å². The minimum Gasteiger partial charge on any atom is -0.340 e. The number of halogens is 4. The molecule has 23 heavy (non-hydrogen) atoms. The Morgan fingerprint density at radius 2 is 2.00 bits per heavy atom. The van der Waals surface area contributed by atoms with Crippen molar-refractivity contribution in [3.8, 4) is 0 Å². The first-order valence-electron chi connectivity index (χ1n) is 6.70. The highest BCUT2D eigenvalue weighted by molar-refractivity contribution is 9.10. The van der Waals surface area contributed by atoms with Gasteiger partial charge in [-0.3, -0.25) is 0 Å². The van der Waals surface area contributed by atoms with E-state index in [2.05, 4.69) is 25.4 Å². The van der Waals surface area contributed by atoms with Crippen LogP contribution in [0.15, 0.2) is 27.6 Å². The predicted molar refractivity (Wildman–Crippen MR) is 78.1 cm³/mol. The van der Waals surface area contributed by atoms with Crippen LogP contribution in [-0.2, 0) is 25.3 Å². The molecule has 1 aromatic rings. The van der Waals surface area contributed by atoms with E-state index >= 15 is 0 Å². The van der Waals surface area contributed by atoms with E-state index in [4.69, 9.17) is 0 Å². The van der Waals surface area contributed by atoms with Crippen molar-refractivity contribution in [2.75, 3.05) is 6.54 Å². The zero-order valence-corrected chi connectivity index (χ0v) is 14.1. The summed E-state index contributed by atoms with van der Waals surface area (Å²) in [4.78, 5) is 11.3. The molecule has 10 heteroatoms. The molecule has 1 unspecified atom stereocenters. The molecule has 0 radical (unpaired) electrons. The number of hydrogen-bond donors (Lipinski definition) is 1. The molecule has 1 saturated heterocycles. The van der Waals surface area contributed by atoms with E-state index < -0.39 is 38.8 Å². The van der Waals surface area contributed by atoms with Crippen LogP contribution in [0, 0.1) is 0 Å². The number of rotatable bonds is 3. The second-order valence-electron chi connectivity index (χ2n) is 5.00. The van der Waals surface area contributed by atoms with Crippen LogP contribution in [0.5, 0.6) is 0 Å². The smallest absolute Gasteiger partial charge is 0.340 e. The minimum absolute atomic E-state index is 0.322. The van der Waals surface area contributed by atoms with Crippen LogP contribution in [0.1, 0.15) is 24.8 Å². The van der Waals surface area contributed by atoms with E-state index in [0.29, 0.717) is 25.1 Å². The van der Waals surface area contributed by atoms with Crippen LogP contribution in [0.2, 0.25) is 0 Å². The monoisotopic (exact) mass is 415 g/mol. The predicted octanol–water partition coefficient (Wildman–Crippen LogP) is 2.84. The van der Waals surface area contributed by atoms with E-state index in [-0.39, 0.29) is 4.47 Å². The normalized spacial score (nSPS) is 19.4. The molecule has 1 aliphatic heterocycles. The van der Waals surface area contributed by atoms with Crippen LogP contribution >= 0.6 is 15.9 Å². The lowest BCUT2D eigenvalue weighted by atomic mass is 10.1. The van der Waals surface area contributed by atoms with Crippen molar-refractivity contribution in [1.29, 1.82) is 0 Å². The summed E-state index contributed by atoms with van der Waals surface area (Å²) in [6.07, 6.45) is -2.52. The van der Waals surface area contributed by atoms with Gasteiger partial charge in [0.2, 0.25) is 0 Å². The highest BCUT2D eigenvalue weighted by Gasteiger charge is 2.33. The van der Waals surface area contributed by atoms with Gasteiger partial charge in [-0.1, -0.05) is 6.42 Å². The number of carbonyl (C=O) groups excluding carboxylic acids is 1. The molecule has 5 nitrogen and oxygen atoms in total. The second-order valence-corrected chi connectivity index (χ2v) is 7.37. The van der Waals surface area contributed by atoms with Crippen LogP contribution < -0.4 is 5.32 Å². The summed E-state index contributed by atoms with van der Waals surface area (Å²) < 4.78 is 66.1. The average Bonchev–Trinajstić information content (AvgIpc) is 2.46. The standard InChI is InChI=1S/C13H13BrF3NO4S/c14-9-7-8(13(15,16)17)4-5-11(9)23(20,21)22-12(19)10-3-1-2-6-18-10/h4-5,7,10,18H,1-3,6H2. The lowest BCUT2D eigenvalue weighted by Crippen LogP contribution is -2.42. The van der Waals surface area contributed by atoms with Crippen molar-refractivity contribution in [3.63, 3.8) is 0 Å². The SMILES string of the molecule is O=C(OS(=O)(=O)c1ccc(C(F)(F)F)cc1Br)C1CCCCN1. The zero-order valence-electron chi connectivity index (χ0n) is 11.7. The van der Waals surface area contributed by atoms with Crippen molar-refractivity contribution in [2.24, 2.45) is 0 Å². The summed E-state index contributed by atoms with van der Waals surface area (Å²) in [5, 5.41) is 2.84. The second kappa shape index (κ2) is 6.78. The molecule has 128 valence electrons. The van der Waals surface area contributed by atoms with Crippen LogP contribution in [0.25, 0.3) is 0 Å². The van der Waals surface area contributed by atoms with E-state index in [1.165, 1.54) is 0 Å². The van der Waals surface area contributed by atoms with E-state index in [0.717, 1.165) is 18.9 Å². The van der Waals surface area contributed by atoms with Crippen molar-refractivity contribution < 1.29 is 30.6 Å². The van der Waals surface area contributed by atoms with Gasteiger partial charge in [0.05, 0.1) is 5.56 Å². The lowest BCUT2D eigenvalue weighted by Gasteiger charge is -2.21. The Morgan fingerprint density at radius 1 is 1.30 bits per heavy atom. The molecular weight excluding hydrogens is 403 g/mol. The van der Waals surface area contributed by atoms with Gasteiger partial charge in [-0.25, -0.2) is 4.79 Å². The molecule has 0 amide bonds. The van der Waals surface area contributed by atoms with Gasteiger partial charge < -0.3 is 9.50 Å². The maximum atomic E-state index is 12.6. The summed E-state index contributed by atoms with van der Waals surface area (Å²) in [7, 11) is -4.51. The zero-order chi connectivity index (χ0) is 17.3. The summed E-state index contributed by atoms with van der Waals surface area (Å²) in [6, 6.07) is 1.26. The molecular formula is C13H13BrF3NO4S. The van der Waals surface area contributed by atoms with Crippen LogP contribution in [-0.4, -0.2) is 27.0 Å². The van der Waals surface area contributed by atoms with E-state index in [1.807, 2.05) is 0 Å². The first-order chi connectivity index (χ1) is 10.6. The summed E-state index contributed by atoms with van der Waals surface area (Å²) in [5.41, 5.74) is -1.01. The fourth-order valence-corrected chi connectivity index (χ4v) is 4.07. The number of carbonyl (C=O) groups is 1. The van der Waals surface area contributed by atoms with Gasteiger partial charge >= 0.3 is 22.3 Å². The highest BCUT2D eigenvalue weighted by Crippen LogP contribution is 2.34. The number of alkyl halides is 3. The Balaban J connectivity index is 2.20. The summed E-state index contributed by atoms with van der Waals surface area (Å²) >= 11 is 2.78. The van der Waals surface area contributed by atoms with Gasteiger partial charge in [0, 0.05) is 4.47 Å². The van der Waals surface area contributed by atoms with Crippen molar-refractivity contribution in [1.82, 2.24) is 5.32 Å². The van der Waals surface area contributed by atoms with Gasteiger partial charge in [0.25, 0.3) is 0 Å².